The van der Waals surface area contributed by atoms with E-state index in [-0.39, 0.29) is 24.0 Å². The summed E-state index contributed by atoms with van der Waals surface area (Å²) in [6, 6.07) is 10.7. The summed E-state index contributed by atoms with van der Waals surface area (Å²) < 4.78 is 45.1. The highest BCUT2D eigenvalue weighted by molar-refractivity contribution is 6.34. The Balaban J connectivity index is 1.55. The van der Waals surface area contributed by atoms with E-state index in [9.17, 15) is 22.8 Å². The summed E-state index contributed by atoms with van der Waals surface area (Å²) in [5.41, 5.74) is 0.108. The summed E-state index contributed by atoms with van der Waals surface area (Å²) in [7, 11) is 0. The molecule has 184 valence electrons. The Morgan fingerprint density at radius 1 is 1.03 bits per heavy atom. The molecule has 1 aliphatic rings. The van der Waals surface area contributed by atoms with Crippen molar-refractivity contribution in [2.45, 2.75) is 13.1 Å². The number of rotatable bonds is 8. The molecule has 0 atom stereocenters. The van der Waals surface area contributed by atoms with Crippen LogP contribution in [0.2, 0.25) is 5.02 Å². The molecule has 34 heavy (non-hydrogen) atoms. The summed E-state index contributed by atoms with van der Waals surface area (Å²) >= 11 is 5.88. The van der Waals surface area contributed by atoms with Gasteiger partial charge in [-0.15, -0.1) is 0 Å². The van der Waals surface area contributed by atoms with Gasteiger partial charge in [0.1, 0.15) is 0 Å². The largest absolute Gasteiger partial charge is 0.418 e. The average molecular weight is 499 g/mol. The van der Waals surface area contributed by atoms with Crippen molar-refractivity contribution in [2.75, 3.05) is 61.5 Å². The predicted octanol–water partition coefficient (Wildman–Crippen LogP) is 4.09. The highest BCUT2D eigenvalue weighted by atomic mass is 35.5. The van der Waals surface area contributed by atoms with E-state index < -0.39 is 23.3 Å². The number of ether oxygens (including phenoxy) is 1. The Morgan fingerprint density at radius 2 is 1.65 bits per heavy atom. The van der Waals surface area contributed by atoms with Gasteiger partial charge in [0.05, 0.1) is 42.6 Å². The first-order chi connectivity index (χ1) is 16.2. The molecule has 0 unspecified atom stereocenters. The van der Waals surface area contributed by atoms with E-state index >= 15 is 0 Å². The van der Waals surface area contributed by atoms with Crippen LogP contribution in [0.1, 0.15) is 12.5 Å². The number of benzene rings is 2. The number of nitrogens with zero attached hydrogens (tertiary/aromatic N) is 2. The summed E-state index contributed by atoms with van der Waals surface area (Å²) in [5.74, 6) is -1.05. The molecule has 0 aromatic heterocycles. The lowest BCUT2D eigenvalue weighted by Gasteiger charge is -2.29. The van der Waals surface area contributed by atoms with Crippen LogP contribution in [0.25, 0.3) is 0 Å². The quantitative estimate of drug-likeness (QED) is 0.573. The van der Waals surface area contributed by atoms with Crippen molar-refractivity contribution in [3.05, 3.63) is 53.1 Å². The summed E-state index contributed by atoms with van der Waals surface area (Å²) in [4.78, 5) is 28.6. The van der Waals surface area contributed by atoms with Crippen LogP contribution in [0, 0.1) is 0 Å². The average Bonchev–Trinajstić information content (AvgIpc) is 2.80. The number of morpholine rings is 1. The number of alkyl halides is 3. The Bertz CT molecular complexity index is 996. The molecule has 1 aliphatic heterocycles. The maximum absolute atomic E-state index is 13.2. The molecule has 1 heterocycles. The second-order valence-electron chi connectivity index (χ2n) is 7.71. The third-order valence-electron chi connectivity index (χ3n) is 5.29. The van der Waals surface area contributed by atoms with Crippen LogP contribution in [0.5, 0.6) is 0 Å². The Labute approximate surface area is 200 Å². The molecular weight excluding hydrogens is 473 g/mol. The number of hydrogen-bond donors (Lipinski definition) is 2. The van der Waals surface area contributed by atoms with E-state index in [1.165, 1.54) is 11.0 Å². The van der Waals surface area contributed by atoms with Gasteiger partial charge < -0.3 is 20.3 Å². The molecule has 2 N–H and O–H groups in total. The number of amides is 2. The van der Waals surface area contributed by atoms with Gasteiger partial charge in [-0.3, -0.25) is 14.5 Å². The van der Waals surface area contributed by atoms with Crippen LogP contribution in [0.3, 0.4) is 0 Å². The smallest absolute Gasteiger partial charge is 0.378 e. The molecule has 0 radical (unpaired) electrons. The van der Waals surface area contributed by atoms with Crippen LogP contribution < -0.4 is 15.5 Å². The molecular formula is C23H26ClF3N4O3. The molecule has 7 nitrogen and oxygen atoms in total. The van der Waals surface area contributed by atoms with Crippen molar-refractivity contribution in [1.82, 2.24) is 4.90 Å². The molecule has 3 rings (SSSR count). The lowest BCUT2D eigenvalue weighted by molar-refractivity contribution is -0.137. The topological polar surface area (TPSA) is 73.9 Å². The zero-order chi connectivity index (χ0) is 24.7. The van der Waals surface area contributed by atoms with Gasteiger partial charge in [0.2, 0.25) is 11.8 Å². The molecule has 1 saturated heterocycles. The zero-order valence-corrected chi connectivity index (χ0v) is 19.4. The van der Waals surface area contributed by atoms with Gasteiger partial charge in [0, 0.05) is 24.5 Å². The normalized spacial score (nSPS) is 14.2. The van der Waals surface area contributed by atoms with E-state index in [0.29, 0.717) is 25.4 Å². The van der Waals surface area contributed by atoms with E-state index in [2.05, 4.69) is 15.5 Å². The highest BCUT2D eigenvalue weighted by Crippen LogP contribution is 2.38. The van der Waals surface area contributed by atoms with Crippen LogP contribution in [-0.2, 0) is 20.5 Å². The first-order valence-electron chi connectivity index (χ1n) is 10.8. The minimum absolute atomic E-state index is 0.107. The fourth-order valence-electron chi connectivity index (χ4n) is 3.53. The second kappa shape index (κ2) is 11.5. The van der Waals surface area contributed by atoms with E-state index in [4.69, 9.17) is 16.3 Å². The molecule has 2 amide bonds. The molecule has 0 bridgehead atoms. The van der Waals surface area contributed by atoms with Gasteiger partial charge in [-0.25, -0.2) is 0 Å². The molecule has 0 saturated carbocycles. The number of likely N-dealkylation sites (N-methyl/N-ethyl adjacent to an activating group) is 1. The number of para-hydroxylation sites is 1. The van der Waals surface area contributed by atoms with E-state index in [1.807, 2.05) is 12.1 Å². The van der Waals surface area contributed by atoms with Crippen LogP contribution in [-0.4, -0.2) is 62.7 Å². The van der Waals surface area contributed by atoms with Crippen LogP contribution >= 0.6 is 11.6 Å². The van der Waals surface area contributed by atoms with Gasteiger partial charge in [0.25, 0.3) is 0 Å². The monoisotopic (exact) mass is 498 g/mol. The third kappa shape index (κ3) is 7.09. The fourth-order valence-corrected chi connectivity index (χ4v) is 3.75. The minimum atomic E-state index is -4.67. The third-order valence-corrected chi connectivity index (χ3v) is 5.61. The van der Waals surface area contributed by atoms with Crippen molar-refractivity contribution >= 4 is 40.5 Å². The Hall–Kier alpha value is -2.82. The van der Waals surface area contributed by atoms with Crippen molar-refractivity contribution < 1.29 is 27.5 Å². The number of nitrogens with one attached hydrogen (secondary N) is 2. The molecule has 0 aliphatic carbocycles. The Kier molecular flexibility index (Phi) is 8.76. The standard InChI is InChI=1S/C23H26ClF3N4O3/c1-2-30(15-21(33)29-22-18(23(25,26)27)4-3-5-19(22)24)14-20(32)28-16-6-8-17(9-7-16)31-10-12-34-13-11-31/h3-9H,2,10-15H2,1H3,(H,28,32)(H,29,33). The molecule has 11 heteroatoms. The zero-order valence-electron chi connectivity index (χ0n) is 18.6. The molecule has 2 aromatic carbocycles. The van der Waals surface area contributed by atoms with Crippen molar-refractivity contribution in [3.63, 3.8) is 0 Å². The number of halogens is 4. The maximum Gasteiger partial charge on any atom is 0.418 e. The SMILES string of the molecule is CCN(CC(=O)Nc1ccc(N2CCOCC2)cc1)CC(=O)Nc1c(Cl)cccc1C(F)(F)F. The lowest BCUT2D eigenvalue weighted by Crippen LogP contribution is -2.39. The van der Waals surface area contributed by atoms with Crippen molar-refractivity contribution in [2.24, 2.45) is 0 Å². The fraction of sp³-hybridized carbons (Fsp3) is 0.391. The van der Waals surface area contributed by atoms with Gasteiger partial charge >= 0.3 is 6.18 Å². The minimum Gasteiger partial charge on any atom is -0.378 e. The van der Waals surface area contributed by atoms with Gasteiger partial charge in [-0.05, 0) is 42.9 Å². The molecule has 0 spiro atoms. The van der Waals surface area contributed by atoms with Crippen molar-refractivity contribution in [3.8, 4) is 0 Å². The highest BCUT2D eigenvalue weighted by Gasteiger charge is 2.35. The lowest BCUT2D eigenvalue weighted by atomic mass is 10.1. The Morgan fingerprint density at radius 3 is 2.24 bits per heavy atom. The second-order valence-corrected chi connectivity index (χ2v) is 8.11. The summed E-state index contributed by atoms with van der Waals surface area (Å²) in [6.07, 6.45) is -4.67. The maximum atomic E-state index is 13.2. The first kappa shape index (κ1) is 25.8. The summed E-state index contributed by atoms with van der Waals surface area (Å²) in [6.45, 7) is 4.65. The van der Waals surface area contributed by atoms with Gasteiger partial charge in [-0.2, -0.15) is 13.2 Å². The number of carbonyl (C=O) groups excluding carboxylic acids is 2. The van der Waals surface area contributed by atoms with Crippen molar-refractivity contribution in [1.29, 1.82) is 0 Å². The molecule has 2 aromatic rings. The predicted molar refractivity (Wildman–Crippen MR) is 125 cm³/mol. The number of hydrogen-bond acceptors (Lipinski definition) is 5. The van der Waals surface area contributed by atoms with E-state index in [1.54, 1.807) is 19.1 Å². The van der Waals surface area contributed by atoms with Gasteiger partial charge in [0.15, 0.2) is 0 Å². The summed E-state index contributed by atoms with van der Waals surface area (Å²) in [5, 5.41) is 4.79. The van der Waals surface area contributed by atoms with Gasteiger partial charge in [-0.1, -0.05) is 24.6 Å². The first-order valence-corrected chi connectivity index (χ1v) is 11.2. The molecule has 1 fully saturated rings. The van der Waals surface area contributed by atoms with E-state index in [0.717, 1.165) is 30.9 Å². The number of anilines is 3. The van der Waals surface area contributed by atoms with Crippen LogP contribution in [0.4, 0.5) is 30.2 Å². The number of carbonyl (C=O) groups is 2. The van der Waals surface area contributed by atoms with Crippen LogP contribution in [0.15, 0.2) is 42.5 Å².